The van der Waals surface area contributed by atoms with Gasteiger partial charge in [-0.05, 0) is 157 Å². The molecule has 8 atom stereocenters. The number of hydrogen-bond acceptors (Lipinski definition) is 31. The van der Waals surface area contributed by atoms with Crippen molar-refractivity contribution in [2.45, 2.75) is 290 Å². The van der Waals surface area contributed by atoms with E-state index in [9.17, 15) is 96.8 Å². The maximum absolute atomic E-state index is 14.3. The third-order valence-electron chi connectivity index (χ3n) is 24.6. The number of esters is 1. The second kappa shape index (κ2) is 83.8. The first-order chi connectivity index (χ1) is 71.3. The number of aromatic carboxylic acids is 2. The molecular weight excluding hydrogens is 1930 g/mol. The van der Waals surface area contributed by atoms with Gasteiger partial charge in [0.25, 0.3) is 0 Å². The maximum atomic E-state index is 14.3. The number of carbonyl (C=O) groups excluding carboxylic acids is 13. The van der Waals surface area contributed by atoms with Gasteiger partial charge in [0.05, 0.1) is 115 Å². The summed E-state index contributed by atoms with van der Waals surface area (Å²) in [5, 5.41) is 66.7. The molecule has 0 spiro atoms. The van der Waals surface area contributed by atoms with Crippen molar-refractivity contribution in [1.29, 1.82) is 0 Å². The van der Waals surface area contributed by atoms with Crippen LogP contribution < -0.4 is 46.7 Å². The standard InChI is InChI=1S/C106H167N9O33/c1-6-77(5)88(7-2)101(128)115-100(76(3)4)106(137)148-94(67-82-68-107-75-113-82)91(120)46-38-78(28-20-22-48-108-97(125)73-145-65-61-141-57-51-111-99(127)74-144-64-58-138-52-26-30-83(117)40-45-90(105(135)136)114-96(124)33-19-15-11-9-13-17-25-55-147-87-43-36-80(37-44-87)103(131)132)92(121)69-112-89(93(122)70-116)32-21-23-49-109-98(126)72-143-63-59-139-53-27-31-85(119)71-142-62-60-140-56-50-110-95(123)47-39-81(104(133)134)66-84(118)29-18-14-10-8-12-16-24-54-146-86-41-34-79(35-42-86)102(129)130/h34-37,41-44,68,75-78,81,88-90,94,100,112,116H,6-33,38-40,45-67,69-74H2,1-5H3,(H,107,113)(H,108,125)(H,109,126)(H,110,123)(H,111,127)(H,114,124)(H,115,128)(H,129,130)(H,131,132)(H,133,134)(H,135,136)/t77-,78+,81+,88-,89-,90-,94-,100-/m0/s1. The molecule has 3 aromatic rings. The van der Waals surface area contributed by atoms with Gasteiger partial charge in [-0.2, -0.15) is 0 Å². The molecule has 1 heterocycles. The Labute approximate surface area is 869 Å². The minimum absolute atomic E-state index is 0.00915. The number of aliphatic carboxylic acids is 2. The summed E-state index contributed by atoms with van der Waals surface area (Å²) in [7, 11) is 0. The van der Waals surface area contributed by atoms with E-state index in [4.69, 9.17) is 62.3 Å². The van der Waals surface area contributed by atoms with Gasteiger partial charge in [0.2, 0.25) is 35.4 Å². The molecular formula is C106H167N9O33. The van der Waals surface area contributed by atoms with Gasteiger partial charge in [0.15, 0.2) is 23.5 Å². The van der Waals surface area contributed by atoms with Crippen molar-refractivity contribution in [3.8, 4) is 11.5 Å². The van der Waals surface area contributed by atoms with E-state index in [-0.39, 0.29) is 292 Å². The first-order valence-electron chi connectivity index (χ1n) is 52.7. The quantitative estimate of drug-likeness (QED) is 0.0185. The summed E-state index contributed by atoms with van der Waals surface area (Å²) in [6.07, 6.45) is 18.5. The summed E-state index contributed by atoms with van der Waals surface area (Å²) < 4.78 is 61.1. The molecule has 0 aliphatic heterocycles. The summed E-state index contributed by atoms with van der Waals surface area (Å²) in [5.41, 5.74) is 0.886. The van der Waals surface area contributed by atoms with E-state index in [1.54, 1.807) is 38.1 Å². The van der Waals surface area contributed by atoms with E-state index in [0.29, 0.717) is 88.2 Å². The summed E-state index contributed by atoms with van der Waals surface area (Å²) in [6, 6.07) is 9.31. The van der Waals surface area contributed by atoms with Gasteiger partial charge < -0.3 is 120 Å². The van der Waals surface area contributed by atoms with Crippen molar-refractivity contribution in [3.05, 3.63) is 77.9 Å². The van der Waals surface area contributed by atoms with Crippen LogP contribution in [0.2, 0.25) is 0 Å². The predicted molar refractivity (Wildman–Crippen MR) is 544 cm³/mol. The number of ketones is 6. The van der Waals surface area contributed by atoms with Gasteiger partial charge in [-0.3, -0.25) is 62.3 Å². The van der Waals surface area contributed by atoms with Crippen LogP contribution in [0.4, 0.5) is 0 Å². The van der Waals surface area contributed by atoms with Crippen LogP contribution in [0.25, 0.3) is 0 Å². The fourth-order valence-corrected chi connectivity index (χ4v) is 15.6. The molecule has 0 saturated carbocycles. The van der Waals surface area contributed by atoms with Crippen molar-refractivity contribution in [2.24, 2.45) is 29.6 Å². The lowest BCUT2D eigenvalue weighted by Crippen LogP contribution is -2.49. The topological polar surface area (TPSA) is 606 Å². The van der Waals surface area contributed by atoms with Crippen LogP contribution in [0.3, 0.4) is 0 Å². The molecule has 834 valence electrons. The van der Waals surface area contributed by atoms with Gasteiger partial charge in [-0.1, -0.05) is 112 Å². The van der Waals surface area contributed by atoms with E-state index >= 15 is 0 Å². The number of imidazole rings is 1. The van der Waals surface area contributed by atoms with Crippen LogP contribution in [-0.4, -0.2) is 318 Å². The zero-order chi connectivity index (χ0) is 109. The third kappa shape index (κ3) is 65.8. The van der Waals surface area contributed by atoms with E-state index < -0.39 is 108 Å². The number of nitrogens with one attached hydrogen (secondary N) is 8. The Kier molecular flexibility index (Phi) is 74.3. The number of carboxylic acids is 4. The number of aromatic nitrogens is 2. The molecule has 42 nitrogen and oxygen atoms in total. The predicted octanol–water partition coefficient (Wildman–Crippen LogP) is 9.35. The molecule has 42 heteroatoms. The monoisotopic (exact) mass is 2090 g/mol. The highest BCUT2D eigenvalue weighted by atomic mass is 16.6. The van der Waals surface area contributed by atoms with Gasteiger partial charge >= 0.3 is 29.8 Å². The Bertz CT molecular complexity index is 4290. The molecule has 0 aliphatic carbocycles. The van der Waals surface area contributed by atoms with Crippen LogP contribution in [0, 0.1) is 29.6 Å². The molecule has 0 aliphatic rings. The number of carbonyl (C=O) groups is 17. The molecule has 2 aromatic carbocycles. The Hall–Kier alpha value is -11.0. The molecule has 1 aromatic heterocycles. The van der Waals surface area contributed by atoms with Gasteiger partial charge in [-0.25, -0.2) is 24.2 Å². The molecule has 13 N–H and O–H groups in total. The van der Waals surface area contributed by atoms with Gasteiger partial charge in [0, 0.05) is 121 Å². The molecule has 0 fully saturated rings. The second-order valence-electron chi connectivity index (χ2n) is 37.0. The average molecular weight is 2100 g/mol. The van der Waals surface area contributed by atoms with E-state index in [2.05, 4.69) is 47.2 Å². The number of unbranched alkanes of at least 4 members (excludes halogenated alkanes) is 14. The zero-order valence-corrected chi connectivity index (χ0v) is 87.5. The van der Waals surface area contributed by atoms with E-state index in [0.717, 1.165) is 83.5 Å². The largest absolute Gasteiger partial charge is 0.494 e. The number of hydrogen-bond donors (Lipinski definition) is 13. The van der Waals surface area contributed by atoms with Crippen LogP contribution in [0.1, 0.15) is 286 Å². The number of aromatic amines is 1. The van der Waals surface area contributed by atoms with Crippen LogP contribution in [0.5, 0.6) is 11.5 Å². The van der Waals surface area contributed by atoms with Crippen molar-refractivity contribution in [3.63, 3.8) is 0 Å². The van der Waals surface area contributed by atoms with Crippen LogP contribution in [-0.2, 0) is 121 Å². The summed E-state index contributed by atoms with van der Waals surface area (Å²) in [5.74, 6) is -10.5. The Balaban J connectivity index is 1.30. The Morgan fingerprint density at radius 2 is 0.845 bits per heavy atom. The molecule has 0 unspecified atom stereocenters. The molecule has 3 rings (SSSR count). The number of H-pyrrole nitrogens is 1. The van der Waals surface area contributed by atoms with Gasteiger partial charge in [-0.15, -0.1) is 0 Å². The van der Waals surface area contributed by atoms with Crippen molar-refractivity contribution in [2.75, 3.05) is 158 Å². The summed E-state index contributed by atoms with van der Waals surface area (Å²) in [4.78, 5) is 222. The molecule has 148 heavy (non-hydrogen) atoms. The molecule has 0 radical (unpaired) electrons. The lowest BCUT2D eigenvalue weighted by Gasteiger charge is -2.27. The number of aliphatic hydroxyl groups is 1. The molecule has 0 saturated heterocycles. The number of carboxylic acid groups (broad SMARTS) is 4. The molecule has 6 amide bonds. The lowest BCUT2D eigenvalue weighted by atomic mass is 9.88. The van der Waals surface area contributed by atoms with Crippen molar-refractivity contribution < 1.29 is 159 Å². The van der Waals surface area contributed by atoms with Crippen LogP contribution >= 0.6 is 0 Å². The number of ether oxygens (including phenoxy) is 11. The normalized spacial score (nSPS) is 12.9. The highest BCUT2D eigenvalue weighted by Crippen LogP contribution is 2.25. The first kappa shape index (κ1) is 131. The van der Waals surface area contributed by atoms with Crippen molar-refractivity contribution in [1.82, 2.24) is 47.2 Å². The van der Waals surface area contributed by atoms with Gasteiger partial charge in [0.1, 0.15) is 74.0 Å². The summed E-state index contributed by atoms with van der Waals surface area (Å²) in [6.45, 7) is 10.9. The average Bonchev–Trinajstić information content (AvgIpc) is 1.13. The second-order valence-corrected chi connectivity index (χ2v) is 37.0. The smallest absolute Gasteiger partial charge is 0.335 e. The fraction of sp³-hybridized carbons (Fsp3) is 0.698. The highest BCUT2D eigenvalue weighted by molar-refractivity contribution is 5.92. The fourth-order valence-electron chi connectivity index (χ4n) is 15.6. The SMILES string of the molecule is CC[C@H](C(=O)N[C@H](C(=O)O[C@@H](Cc1cnc[nH]1)C(=O)CC[C@@H](CCCCNC(=O)COCCOCCNC(=O)COCCOCCCC(=O)CC[C@H](NC(=O)CCCCCCCCCOc1ccc(C(=O)O)cc1)C(=O)O)C(=O)CN[C@@H](CCCCNC(=O)COCCOCCCC(=O)COCCOCCNC(=O)CC[C@H](CC(=O)CCCCCCCCCOc1ccc(C(=O)O)cc1)C(=O)O)C(=O)CO)C(C)C)[C@@H](C)CC. The zero-order valence-electron chi connectivity index (χ0n) is 87.5. The Morgan fingerprint density at radius 3 is 1.33 bits per heavy atom. The maximum Gasteiger partial charge on any atom is 0.335 e. The lowest BCUT2D eigenvalue weighted by molar-refractivity contribution is -0.159. The van der Waals surface area contributed by atoms with Crippen molar-refractivity contribution >= 4 is 100.0 Å². The minimum Gasteiger partial charge on any atom is -0.494 e. The highest BCUT2D eigenvalue weighted by Gasteiger charge is 2.35. The van der Waals surface area contributed by atoms with E-state index in [1.165, 1.54) is 36.8 Å². The first-order valence-corrected chi connectivity index (χ1v) is 52.7. The number of rotatable bonds is 99. The number of amides is 6. The Morgan fingerprint density at radius 1 is 0.378 bits per heavy atom. The summed E-state index contributed by atoms with van der Waals surface area (Å²) >= 11 is 0. The number of aliphatic hydroxyl groups excluding tert-OH is 1. The molecule has 0 bridgehead atoms. The number of Topliss-reactive ketones (excluding diaryl/α,β-unsaturated/α-hetero) is 6. The number of benzene rings is 2. The van der Waals surface area contributed by atoms with E-state index in [1.807, 2.05) is 20.8 Å². The third-order valence-corrected chi connectivity index (χ3v) is 24.6. The van der Waals surface area contributed by atoms with Crippen LogP contribution in [0.15, 0.2) is 61.1 Å². The number of nitrogens with zero attached hydrogens (tertiary/aromatic N) is 1. The minimum atomic E-state index is -1.33.